The average Bonchev–Trinajstić information content (AvgIpc) is 2.98. The molecule has 0 radical (unpaired) electrons. The van der Waals surface area contributed by atoms with E-state index < -0.39 is 5.82 Å². The maximum absolute atomic E-state index is 14.1. The molecule has 1 N–H and O–H groups in total. The smallest absolute Gasteiger partial charge is 0.293 e. The van der Waals surface area contributed by atoms with Crippen LogP contribution in [0, 0.1) is 5.82 Å². The Balaban J connectivity index is 0.000000566. The molecule has 9 nitrogen and oxygen atoms in total. The molecular formula is C32H36ClFN4O5S. The van der Waals surface area contributed by atoms with E-state index in [1.165, 1.54) is 12.4 Å². The lowest BCUT2D eigenvalue weighted by molar-refractivity contribution is -0.138. The Morgan fingerprint density at radius 3 is 2.30 bits per heavy atom. The lowest BCUT2D eigenvalue weighted by atomic mass is 10.1. The topological polar surface area (TPSA) is 95.0 Å². The van der Waals surface area contributed by atoms with Crippen molar-refractivity contribution in [2.75, 3.05) is 39.3 Å². The number of aromatic nitrogens is 2. The first kappa shape index (κ1) is 33.1. The van der Waals surface area contributed by atoms with Gasteiger partial charge in [0.05, 0.1) is 36.8 Å². The summed E-state index contributed by atoms with van der Waals surface area (Å²) in [5, 5.41) is 4.65. The molecule has 1 aliphatic heterocycles. The van der Waals surface area contributed by atoms with E-state index in [0.717, 1.165) is 40.2 Å². The summed E-state index contributed by atoms with van der Waals surface area (Å²) in [4.78, 5) is 21.8. The van der Waals surface area contributed by atoms with E-state index in [0.29, 0.717) is 41.3 Å². The van der Waals surface area contributed by atoms with Gasteiger partial charge in [0.2, 0.25) is 0 Å². The first-order chi connectivity index (χ1) is 21.1. The third-order valence-corrected chi connectivity index (χ3v) is 8.13. The average molecular weight is 643 g/mol. The number of methoxy groups -OCH3 is 3. The van der Waals surface area contributed by atoms with Crippen LogP contribution in [0.3, 0.4) is 0 Å². The molecule has 5 rings (SSSR count). The van der Waals surface area contributed by atoms with Crippen LogP contribution < -0.4 is 24.4 Å². The fourth-order valence-electron chi connectivity index (χ4n) is 4.29. The van der Waals surface area contributed by atoms with Crippen molar-refractivity contribution < 1.29 is 28.1 Å². The predicted octanol–water partition coefficient (Wildman–Crippen LogP) is 6.81. The highest BCUT2D eigenvalue weighted by atomic mass is 35.5. The number of carbonyl (C=O) groups excluding carboxylic acids is 1. The molecule has 3 aromatic carbocycles. The van der Waals surface area contributed by atoms with Gasteiger partial charge in [-0.2, -0.15) is 0 Å². The minimum Gasteiger partial charge on any atom is -0.496 e. The molecule has 4 aromatic rings. The van der Waals surface area contributed by atoms with Crippen LogP contribution >= 0.6 is 23.4 Å². The summed E-state index contributed by atoms with van der Waals surface area (Å²) < 4.78 is 35.2. The summed E-state index contributed by atoms with van der Waals surface area (Å²) in [5.41, 5.74) is 2.05. The number of nitrogens with zero attached hydrogens (tertiary/aromatic N) is 3. The zero-order valence-electron chi connectivity index (χ0n) is 25.5. The molecule has 0 saturated carbocycles. The fraction of sp³-hybridized carbons (Fsp3) is 0.344. The van der Waals surface area contributed by atoms with Crippen molar-refractivity contribution >= 4 is 52.2 Å². The molecule has 1 aliphatic rings. The number of carbonyl (C=O) groups is 1. The van der Waals surface area contributed by atoms with Gasteiger partial charge in [-0.25, -0.2) is 14.4 Å². The van der Waals surface area contributed by atoms with Crippen molar-refractivity contribution in [3.05, 3.63) is 71.3 Å². The Bertz CT molecular complexity index is 1600. The molecule has 0 bridgehead atoms. The standard InChI is InChI=1S/C27H26ClFN4O3S.C5H10O2/c1-34-23-7-4-16(8-24(23)35-2)14-33(17-5-6-21(29)20(28)9-17)27-19-10-26(37-18-12-30-13-18)25(36-3)11-22(19)31-15-32-27;1-5(2,3)7-4-6/h4-11,15,18,30H,12-14H2,1-3H3;4H,1-3H3. The second-order valence-corrected chi connectivity index (χ2v) is 12.6. The van der Waals surface area contributed by atoms with Crippen LogP contribution in [0.5, 0.6) is 17.2 Å². The van der Waals surface area contributed by atoms with Gasteiger partial charge in [0.25, 0.3) is 6.47 Å². The molecule has 0 unspecified atom stereocenters. The summed E-state index contributed by atoms with van der Waals surface area (Å²) in [6.45, 7) is 8.23. The largest absolute Gasteiger partial charge is 0.496 e. The Morgan fingerprint density at radius 1 is 1.00 bits per heavy atom. The predicted molar refractivity (Wildman–Crippen MR) is 172 cm³/mol. The quantitative estimate of drug-likeness (QED) is 0.186. The van der Waals surface area contributed by atoms with E-state index in [2.05, 4.69) is 26.1 Å². The lowest BCUT2D eigenvalue weighted by Crippen LogP contribution is -2.44. The Labute approximate surface area is 266 Å². The molecule has 0 aliphatic carbocycles. The Morgan fingerprint density at radius 2 is 1.73 bits per heavy atom. The van der Waals surface area contributed by atoms with Gasteiger partial charge in [-0.15, -0.1) is 11.8 Å². The summed E-state index contributed by atoms with van der Waals surface area (Å²) in [7, 11) is 4.86. The zero-order chi connectivity index (χ0) is 31.9. The number of rotatable bonds is 10. The number of benzene rings is 3. The van der Waals surface area contributed by atoms with Crippen molar-refractivity contribution in [2.45, 2.75) is 43.1 Å². The minimum absolute atomic E-state index is 0.0311. The van der Waals surface area contributed by atoms with Gasteiger partial charge in [-0.05, 0) is 62.7 Å². The molecular weight excluding hydrogens is 607 g/mol. The van der Waals surface area contributed by atoms with Gasteiger partial charge in [-0.1, -0.05) is 17.7 Å². The molecule has 1 aromatic heterocycles. The van der Waals surface area contributed by atoms with E-state index in [4.69, 9.17) is 25.8 Å². The SMILES string of the molecule is CC(C)(C)OC=O.COc1ccc(CN(c2ccc(F)c(Cl)c2)c2ncnc3cc(OC)c(SC4CNC4)cc23)cc1OC. The number of halogens is 2. The monoisotopic (exact) mass is 642 g/mol. The first-order valence-electron chi connectivity index (χ1n) is 13.8. The number of thioether (sulfide) groups is 1. The van der Waals surface area contributed by atoms with Crippen LogP contribution in [0.25, 0.3) is 10.9 Å². The van der Waals surface area contributed by atoms with Crippen molar-refractivity contribution in [1.29, 1.82) is 0 Å². The van der Waals surface area contributed by atoms with Crippen molar-refractivity contribution in [3.63, 3.8) is 0 Å². The fourth-order valence-corrected chi connectivity index (χ4v) is 5.67. The molecule has 0 amide bonds. The highest BCUT2D eigenvalue weighted by Gasteiger charge is 2.23. The molecule has 0 atom stereocenters. The lowest BCUT2D eigenvalue weighted by Gasteiger charge is -2.28. The molecule has 2 heterocycles. The second kappa shape index (κ2) is 14.8. The number of fused-ring (bicyclic) bond motifs is 1. The number of hydrogen-bond donors (Lipinski definition) is 1. The molecule has 1 saturated heterocycles. The highest BCUT2D eigenvalue weighted by Crippen LogP contribution is 2.40. The van der Waals surface area contributed by atoms with Crippen LogP contribution in [0.15, 0.2) is 59.8 Å². The molecule has 234 valence electrons. The maximum atomic E-state index is 14.1. The Kier molecular flexibility index (Phi) is 11.1. The van der Waals surface area contributed by atoms with E-state index in [1.807, 2.05) is 49.9 Å². The molecule has 44 heavy (non-hydrogen) atoms. The van der Waals surface area contributed by atoms with Gasteiger partial charge in [-0.3, -0.25) is 4.79 Å². The van der Waals surface area contributed by atoms with Gasteiger partial charge < -0.3 is 29.2 Å². The van der Waals surface area contributed by atoms with Gasteiger partial charge in [0.15, 0.2) is 11.5 Å². The van der Waals surface area contributed by atoms with E-state index in [9.17, 15) is 9.18 Å². The highest BCUT2D eigenvalue weighted by molar-refractivity contribution is 8.00. The Hall–Kier alpha value is -3.80. The maximum Gasteiger partial charge on any atom is 0.293 e. The third kappa shape index (κ3) is 8.22. The van der Waals surface area contributed by atoms with Crippen LogP contribution in [-0.4, -0.2) is 61.7 Å². The normalized spacial score (nSPS) is 12.9. The van der Waals surface area contributed by atoms with Crippen LogP contribution in [0.4, 0.5) is 15.9 Å². The number of ether oxygens (including phenoxy) is 4. The first-order valence-corrected chi connectivity index (χ1v) is 15.1. The van der Waals surface area contributed by atoms with Crippen LogP contribution in [-0.2, 0) is 16.1 Å². The molecule has 0 spiro atoms. The van der Waals surface area contributed by atoms with Gasteiger partial charge in [0.1, 0.15) is 29.3 Å². The third-order valence-electron chi connectivity index (χ3n) is 6.60. The molecule has 12 heteroatoms. The number of hydrogen-bond acceptors (Lipinski definition) is 10. The summed E-state index contributed by atoms with van der Waals surface area (Å²) in [5.74, 6) is 2.20. The summed E-state index contributed by atoms with van der Waals surface area (Å²) in [6.07, 6.45) is 1.52. The van der Waals surface area contributed by atoms with Crippen LogP contribution in [0.2, 0.25) is 5.02 Å². The van der Waals surface area contributed by atoms with E-state index in [-0.39, 0.29) is 10.6 Å². The van der Waals surface area contributed by atoms with Crippen molar-refractivity contribution in [3.8, 4) is 17.2 Å². The second-order valence-electron chi connectivity index (χ2n) is 10.8. The van der Waals surface area contributed by atoms with Gasteiger partial charge in [0, 0.05) is 42.0 Å². The minimum atomic E-state index is -0.485. The van der Waals surface area contributed by atoms with Crippen molar-refractivity contribution in [1.82, 2.24) is 15.3 Å². The number of nitrogens with one attached hydrogen (secondary N) is 1. The van der Waals surface area contributed by atoms with E-state index in [1.54, 1.807) is 45.2 Å². The summed E-state index contributed by atoms with van der Waals surface area (Å²) >= 11 is 7.97. The number of anilines is 2. The zero-order valence-corrected chi connectivity index (χ0v) is 27.1. The van der Waals surface area contributed by atoms with Gasteiger partial charge >= 0.3 is 0 Å². The van der Waals surface area contributed by atoms with E-state index >= 15 is 0 Å². The summed E-state index contributed by atoms with van der Waals surface area (Å²) in [6, 6.07) is 14.4. The van der Waals surface area contributed by atoms with Crippen molar-refractivity contribution in [2.24, 2.45) is 0 Å². The van der Waals surface area contributed by atoms with Crippen LogP contribution in [0.1, 0.15) is 26.3 Å². The molecule has 1 fully saturated rings.